The fourth-order valence-electron chi connectivity index (χ4n) is 2.64. The van der Waals surface area contributed by atoms with Crippen LogP contribution in [-0.4, -0.2) is 39.9 Å². The van der Waals surface area contributed by atoms with Gasteiger partial charge >= 0.3 is 0 Å². The minimum Gasteiger partial charge on any atom is -0.336 e. The Labute approximate surface area is 123 Å². The van der Waals surface area contributed by atoms with E-state index in [4.69, 9.17) is 5.73 Å². The van der Waals surface area contributed by atoms with Gasteiger partial charge in [0, 0.05) is 31.7 Å². The summed E-state index contributed by atoms with van der Waals surface area (Å²) in [4.78, 5) is 24.8. The Kier molecular flexibility index (Phi) is 4.32. The molecule has 0 aliphatic heterocycles. The van der Waals surface area contributed by atoms with Gasteiger partial charge in [-0.05, 0) is 32.6 Å². The first-order valence-electron chi connectivity index (χ1n) is 7.20. The number of hydrogen-bond donors (Lipinski definition) is 1. The van der Waals surface area contributed by atoms with Crippen molar-refractivity contribution < 1.29 is 9.72 Å². The van der Waals surface area contributed by atoms with E-state index in [0.717, 1.165) is 12.8 Å². The van der Waals surface area contributed by atoms with E-state index in [-0.39, 0.29) is 23.7 Å². The van der Waals surface area contributed by atoms with E-state index in [1.807, 2.05) is 13.8 Å². The third kappa shape index (κ3) is 3.07. The Bertz CT molecular complexity index is 548. The number of nitrogens with two attached hydrogens (primary N) is 1. The third-order valence-corrected chi connectivity index (χ3v) is 4.05. The molecule has 1 amide bonds. The van der Waals surface area contributed by atoms with Gasteiger partial charge in [-0.3, -0.25) is 14.9 Å². The number of amides is 1. The molecule has 1 aromatic rings. The van der Waals surface area contributed by atoms with Gasteiger partial charge in [0.2, 0.25) is 0 Å². The van der Waals surface area contributed by atoms with Crippen LogP contribution in [0.3, 0.4) is 0 Å². The highest BCUT2D eigenvalue weighted by atomic mass is 16.6. The molecule has 2 N–H and O–H groups in total. The molecule has 1 atom stereocenters. The minimum atomic E-state index is -0.475. The molecule has 1 heterocycles. The van der Waals surface area contributed by atoms with Crippen molar-refractivity contribution in [1.82, 2.24) is 9.47 Å². The normalized spacial score (nSPS) is 16.0. The molecule has 2 rings (SSSR count). The van der Waals surface area contributed by atoms with Crippen molar-refractivity contribution in [3.8, 4) is 0 Å². The topological polar surface area (TPSA) is 94.4 Å². The predicted molar refractivity (Wildman–Crippen MR) is 79.1 cm³/mol. The average Bonchev–Trinajstić information content (AvgIpc) is 3.14. The first-order chi connectivity index (χ1) is 9.86. The minimum absolute atomic E-state index is 0.00654. The molecule has 116 valence electrons. The van der Waals surface area contributed by atoms with Crippen LogP contribution in [0.25, 0.3) is 0 Å². The quantitative estimate of drug-likeness (QED) is 0.639. The summed E-state index contributed by atoms with van der Waals surface area (Å²) >= 11 is 0. The highest BCUT2D eigenvalue weighted by Gasteiger charge is 2.36. The van der Waals surface area contributed by atoms with Crippen LogP contribution in [0.15, 0.2) is 12.3 Å². The van der Waals surface area contributed by atoms with E-state index in [2.05, 4.69) is 0 Å². The second-order valence-electron chi connectivity index (χ2n) is 5.90. The zero-order valence-corrected chi connectivity index (χ0v) is 12.7. The molecule has 21 heavy (non-hydrogen) atoms. The second-order valence-corrected chi connectivity index (χ2v) is 5.90. The van der Waals surface area contributed by atoms with E-state index in [1.54, 1.807) is 16.5 Å². The highest BCUT2D eigenvalue weighted by molar-refractivity contribution is 5.93. The van der Waals surface area contributed by atoms with Gasteiger partial charge < -0.3 is 15.2 Å². The molecule has 1 unspecified atom stereocenters. The number of hydrogen-bond acceptors (Lipinski definition) is 4. The maximum atomic E-state index is 12.7. The summed E-state index contributed by atoms with van der Waals surface area (Å²) in [5.74, 6) is 0.251. The predicted octanol–water partition coefficient (Wildman–Crippen LogP) is 1.79. The fourth-order valence-corrected chi connectivity index (χ4v) is 2.64. The lowest BCUT2D eigenvalue weighted by Crippen LogP contribution is -2.44. The summed E-state index contributed by atoms with van der Waals surface area (Å²) in [5.41, 5.74) is 6.06. The molecule has 7 nitrogen and oxygen atoms in total. The lowest BCUT2D eigenvalue weighted by Gasteiger charge is -2.27. The maximum absolute atomic E-state index is 12.7. The van der Waals surface area contributed by atoms with E-state index in [1.165, 1.54) is 12.3 Å². The lowest BCUT2D eigenvalue weighted by molar-refractivity contribution is -0.384. The van der Waals surface area contributed by atoms with Crippen LogP contribution in [0.4, 0.5) is 5.69 Å². The van der Waals surface area contributed by atoms with Crippen molar-refractivity contribution in [3.63, 3.8) is 0 Å². The Morgan fingerprint density at radius 2 is 2.19 bits per heavy atom. The van der Waals surface area contributed by atoms with Crippen LogP contribution in [0.5, 0.6) is 0 Å². The first-order valence-corrected chi connectivity index (χ1v) is 7.20. The fraction of sp³-hybridized carbons (Fsp3) is 0.643. The molecular formula is C14H22N4O3. The number of nitrogens with zero attached hydrogens (tertiary/aromatic N) is 3. The first kappa shape index (κ1) is 15.5. The molecule has 0 saturated heterocycles. The smallest absolute Gasteiger partial charge is 0.287 e. The Morgan fingerprint density at radius 1 is 1.57 bits per heavy atom. The molecule has 1 aromatic heterocycles. The SMILES string of the molecule is CC(C)n1cc([N+](=O)[O-])cc1C(=O)N(C)C(CN)C1CC1. The van der Waals surface area contributed by atoms with Crippen molar-refractivity contribution in [2.24, 2.45) is 11.7 Å². The third-order valence-electron chi connectivity index (χ3n) is 4.05. The van der Waals surface area contributed by atoms with Crippen LogP contribution in [-0.2, 0) is 0 Å². The van der Waals surface area contributed by atoms with Gasteiger partial charge in [0.05, 0.1) is 11.1 Å². The number of likely N-dealkylation sites (N-methyl/N-ethyl adjacent to an activating group) is 1. The largest absolute Gasteiger partial charge is 0.336 e. The van der Waals surface area contributed by atoms with Crippen molar-refractivity contribution in [2.75, 3.05) is 13.6 Å². The van der Waals surface area contributed by atoms with E-state index < -0.39 is 4.92 Å². The summed E-state index contributed by atoms with van der Waals surface area (Å²) < 4.78 is 1.65. The van der Waals surface area contributed by atoms with E-state index in [0.29, 0.717) is 18.2 Å². The second kappa shape index (κ2) is 5.85. The van der Waals surface area contributed by atoms with Crippen molar-refractivity contribution in [3.05, 3.63) is 28.1 Å². The average molecular weight is 294 g/mol. The maximum Gasteiger partial charge on any atom is 0.287 e. The number of rotatable bonds is 6. The van der Waals surface area contributed by atoms with E-state index >= 15 is 0 Å². The zero-order valence-electron chi connectivity index (χ0n) is 12.7. The standard InChI is InChI=1S/C14H22N4O3/c1-9(2)17-8-11(18(20)21)6-12(17)14(19)16(3)13(7-15)10-4-5-10/h6,8-10,13H,4-5,7,15H2,1-3H3. The molecule has 1 saturated carbocycles. The molecule has 1 fully saturated rings. The zero-order chi connectivity index (χ0) is 15.7. The van der Waals surface area contributed by atoms with Crippen LogP contribution in [0, 0.1) is 16.0 Å². The molecule has 1 aliphatic carbocycles. The van der Waals surface area contributed by atoms with Gasteiger partial charge in [-0.2, -0.15) is 0 Å². The summed E-state index contributed by atoms with van der Waals surface area (Å²) in [5, 5.41) is 10.9. The van der Waals surface area contributed by atoms with Crippen LogP contribution in [0.1, 0.15) is 43.2 Å². The van der Waals surface area contributed by atoms with Gasteiger partial charge in [0.1, 0.15) is 5.69 Å². The van der Waals surface area contributed by atoms with Crippen molar-refractivity contribution in [2.45, 2.75) is 38.8 Å². The number of aromatic nitrogens is 1. The van der Waals surface area contributed by atoms with Crippen LogP contribution < -0.4 is 5.73 Å². The molecule has 0 bridgehead atoms. The molecule has 0 spiro atoms. The number of carbonyl (C=O) groups excluding carboxylic acids is 1. The van der Waals surface area contributed by atoms with Crippen LogP contribution in [0.2, 0.25) is 0 Å². The summed E-state index contributed by atoms with van der Waals surface area (Å²) in [6, 6.07) is 1.33. The summed E-state index contributed by atoms with van der Waals surface area (Å²) in [7, 11) is 1.72. The van der Waals surface area contributed by atoms with Crippen LogP contribution >= 0.6 is 0 Å². The molecular weight excluding hydrogens is 272 g/mol. The van der Waals surface area contributed by atoms with Gasteiger partial charge in [-0.15, -0.1) is 0 Å². The Balaban J connectivity index is 2.30. The van der Waals surface area contributed by atoms with Gasteiger partial charge in [0.25, 0.3) is 11.6 Å². The Hall–Kier alpha value is -1.89. The number of nitro groups is 1. The Morgan fingerprint density at radius 3 is 2.62 bits per heavy atom. The highest BCUT2D eigenvalue weighted by Crippen LogP contribution is 2.35. The van der Waals surface area contributed by atoms with E-state index in [9.17, 15) is 14.9 Å². The lowest BCUT2D eigenvalue weighted by atomic mass is 10.1. The molecule has 0 radical (unpaired) electrons. The summed E-state index contributed by atoms with van der Waals surface area (Å²) in [6.07, 6.45) is 3.59. The van der Waals surface area contributed by atoms with Crippen molar-refractivity contribution in [1.29, 1.82) is 0 Å². The van der Waals surface area contributed by atoms with Crippen molar-refractivity contribution >= 4 is 11.6 Å². The summed E-state index contributed by atoms with van der Waals surface area (Å²) in [6.45, 7) is 4.20. The van der Waals surface area contributed by atoms with Gasteiger partial charge in [0.15, 0.2) is 0 Å². The monoisotopic (exact) mass is 294 g/mol. The number of carbonyl (C=O) groups is 1. The van der Waals surface area contributed by atoms with Gasteiger partial charge in [-0.1, -0.05) is 0 Å². The molecule has 1 aliphatic rings. The van der Waals surface area contributed by atoms with Gasteiger partial charge in [-0.25, -0.2) is 0 Å². The molecule has 0 aromatic carbocycles. The molecule has 7 heteroatoms.